The lowest BCUT2D eigenvalue weighted by Crippen LogP contribution is -2.56. The van der Waals surface area contributed by atoms with Crippen molar-refractivity contribution in [2.45, 2.75) is 44.3 Å². The predicted molar refractivity (Wildman–Crippen MR) is 190 cm³/mol. The maximum absolute atomic E-state index is 14.7. The normalized spacial score (nSPS) is 13.2. The Morgan fingerprint density at radius 3 is 1.96 bits per heavy atom. The quantitative estimate of drug-likeness (QED) is 0.210. The lowest BCUT2D eigenvalue weighted by atomic mass is 9.97. The van der Waals surface area contributed by atoms with E-state index in [0.29, 0.717) is 18.5 Å². The van der Waals surface area contributed by atoms with Crippen molar-refractivity contribution in [3.63, 3.8) is 0 Å². The van der Waals surface area contributed by atoms with E-state index >= 15 is 0 Å². The fourth-order valence-corrected chi connectivity index (χ4v) is 5.88. The zero-order chi connectivity index (χ0) is 34.1. The van der Waals surface area contributed by atoms with Crippen LogP contribution in [0.5, 0.6) is 0 Å². The van der Waals surface area contributed by atoms with E-state index in [9.17, 15) is 14.4 Å². The standard InChI is InChI=1S/C39H49N5O3/c1-28(40)32-18-12-19-34(27-32)37(45)43(5)36(26-30-20-21-31-16-10-11-17-33(31)24-30)39(47)44(6)35(25-29-14-8-7-9-15-29)38(46)42(4)23-13-22-41(2)3/h7-12,14-21,24,27-28,35-36H,13,22-23,25-26,40H2,1-6H3/t28?,35-,36-/m1/s1. The number of benzene rings is 4. The minimum absolute atomic E-state index is 0.133. The molecule has 4 aromatic carbocycles. The molecule has 0 aliphatic rings. The van der Waals surface area contributed by atoms with E-state index in [1.165, 1.54) is 4.90 Å². The van der Waals surface area contributed by atoms with E-state index in [4.69, 9.17) is 5.73 Å². The van der Waals surface area contributed by atoms with Crippen LogP contribution in [-0.4, -0.2) is 97.7 Å². The Balaban J connectivity index is 1.69. The highest BCUT2D eigenvalue weighted by atomic mass is 16.2. The highest BCUT2D eigenvalue weighted by Crippen LogP contribution is 2.22. The summed E-state index contributed by atoms with van der Waals surface area (Å²) >= 11 is 0. The summed E-state index contributed by atoms with van der Waals surface area (Å²) in [6.07, 6.45) is 1.46. The van der Waals surface area contributed by atoms with E-state index in [1.54, 1.807) is 43.1 Å². The van der Waals surface area contributed by atoms with Gasteiger partial charge in [-0.25, -0.2) is 0 Å². The highest BCUT2D eigenvalue weighted by Gasteiger charge is 2.36. The largest absolute Gasteiger partial charge is 0.344 e. The molecule has 0 fully saturated rings. The van der Waals surface area contributed by atoms with Crippen molar-refractivity contribution in [3.8, 4) is 0 Å². The number of hydrogen-bond acceptors (Lipinski definition) is 5. The maximum Gasteiger partial charge on any atom is 0.254 e. The third-order valence-corrected chi connectivity index (χ3v) is 8.82. The minimum atomic E-state index is -0.863. The molecule has 0 spiro atoms. The third kappa shape index (κ3) is 9.27. The monoisotopic (exact) mass is 635 g/mol. The third-order valence-electron chi connectivity index (χ3n) is 8.82. The van der Waals surface area contributed by atoms with Crippen LogP contribution in [0.4, 0.5) is 0 Å². The van der Waals surface area contributed by atoms with Gasteiger partial charge in [-0.3, -0.25) is 14.4 Å². The first kappa shape index (κ1) is 35.3. The number of likely N-dealkylation sites (N-methyl/N-ethyl adjacent to an activating group) is 3. The van der Waals surface area contributed by atoms with Gasteiger partial charge in [-0.05, 0) is 73.6 Å². The molecular weight excluding hydrogens is 586 g/mol. The zero-order valence-corrected chi connectivity index (χ0v) is 28.6. The van der Waals surface area contributed by atoms with Gasteiger partial charge in [0.05, 0.1) is 0 Å². The Kier molecular flexibility index (Phi) is 12.3. The van der Waals surface area contributed by atoms with Crippen LogP contribution < -0.4 is 5.73 Å². The minimum Gasteiger partial charge on any atom is -0.344 e. The van der Waals surface area contributed by atoms with Crippen molar-refractivity contribution in [1.29, 1.82) is 0 Å². The molecule has 8 nitrogen and oxygen atoms in total. The molecule has 248 valence electrons. The van der Waals surface area contributed by atoms with Gasteiger partial charge < -0.3 is 25.3 Å². The van der Waals surface area contributed by atoms with Crippen LogP contribution in [0.3, 0.4) is 0 Å². The van der Waals surface area contributed by atoms with Crippen molar-refractivity contribution < 1.29 is 14.4 Å². The second kappa shape index (κ2) is 16.3. The molecule has 2 N–H and O–H groups in total. The van der Waals surface area contributed by atoms with E-state index in [2.05, 4.69) is 11.0 Å². The number of hydrogen-bond donors (Lipinski definition) is 1. The van der Waals surface area contributed by atoms with Crippen molar-refractivity contribution in [2.24, 2.45) is 5.73 Å². The van der Waals surface area contributed by atoms with Crippen molar-refractivity contribution in [3.05, 3.63) is 119 Å². The molecule has 3 atom stereocenters. The van der Waals surface area contributed by atoms with Crippen LogP contribution in [0.25, 0.3) is 10.8 Å². The molecule has 47 heavy (non-hydrogen) atoms. The molecular formula is C39H49N5O3. The lowest BCUT2D eigenvalue weighted by molar-refractivity contribution is -0.146. The smallest absolute Gasteiger partial charge is 0.254 e. The van der Waals surface area contributed by atoms with Gasteiger partial charge in [-0.2, -0.15) is 0 Å². The average Bonchev–Trinajstić information content (AvgIpc) is 3.08. The van der Waals surface area contributed by atoms with Crippen LogP contribution >= 0.6 is 0 Å². The Morgan fingerprint density at radius 2 is 1.28 bits per heavy atom. The van der Waals surface area contributed by atoms with E-state index in [0.717, 1.165) is 40.4 Å². The first-order valence-corrected chi connectivity index (χ1v) is 16.3. The summed E-state index contributed by atoms with van der Waals surface area (Å²) in [6.45, 7) is 3.29. The maximum atomic E-state index is 14.7. The molecule has 3 amide bonds. The second-order valence-corrected chi connectivity index (χ2v) is 12.8. The number of nitrogens with two attached hydrogens (primary N) is 1. The molecule has 0 saturated heterocycles. The Hall–Kier alpha value is -4.53. The van der Waals surface area contributed by atoms with Gasteiger partial charge in [-0.1, -0.05) is 84.9 Å². The summed E-state index contributed by atoms with van der Waals surface area (Å²) in [5.41, 5.74) is 9.30. The number of amides is 3. The topological polar surface area (TPSA) is 90.2 Å². The van der Waals surface area contributed by atoms with Gasteiger partial charge in [0.25, 0.3) is 5.91 Å². The summed E-state index contributed by atoms with van der Waals surface area (Å²) in [6, 6.07) is 29.3. The van der Waals surface area contributed by atoms with E-state index in [1.807, 2.05) is 99.9 Å². The van der Waals surface area contributed by atoms with Crippen LogP contribution in [-0.2, 0) is 22.4 Å². The van der Waals surface area contributed by atoms with Gasteiger partial charge >= 0.3 is 0 Å². The molecule has 0 aromatic heterocycles. The van der Waals surface area contributed by atoms with Crippen LogP contribution in [0.1, 0.15) is 46.4 Å². The molecule has 0 radical (unpaired) electrons. The first-order valence-electron chi connectivity index (χ1n) is 16.3. The Morgan fingerprint density at radius 1 is 0.638 bits per heavy atom. The SMILES string of the molecule is CC(N)c1cccc(C(=O)N(C)[C@H](Cc2ccc3ccccc3c2)C(=O)N(C)[C@H](Cc2ccccc2)C(=O)N(C)CCCN(C)C)c1. The predicted octanol–water partition coefficient (Wildman–Crippen LogP) is 5.02. The van der Waals surface area contributed by atoms with Gasteiger partial charge in [0.2, 0.25) is 11.8 Å². The summed E-state index contributed by atoms with van der Waals surface area (Å²) < 4.78 is 0. The molecule has 1 unspecified atom stereocenters. The van der Waals surface area contributed by atoms with Crippen LogP contribution in [0.2, 0.25) is 0 Å². The lowest BCUT2D eigenvalue weighted by Gasteiger charge is -2.36. The van der Waals surface area contributed by atoms with Crippen molar-refractivity contribution >= 4 is 28.5 Å². The number of carbonyl (C=O) groups is 3. The van der Waals surface area contributed by atoms with Crippen molar-refractivity contribution in [1.82, 2.24) is 19.6 Å². The fourth-order valence-electron chi connectivity index (χ4n) is 5.88. The Bertz CT molecular complexity index is 1660. The van der Waals surface area contributed by atoms with Gasteiger partial charge in [-0.15, -0.1) is 0 Å². The molecule has 4 rings (SSSR count). The number of carbonyl (C=O) groups excluding carboxylic acids is 3. The molecule has 0 saturated carbocycles. The molecule has 0 heterocycles. The van der Waals surface area contributed by atoms with Crippen LogP contribution in [0.15, 0.2) is 97.1 Å². The summed E-state index contributed by atoms with van der Waals surface area (Å²) in [7, 11) is 9.16. The number of fused-ring (bicyclic) bond motifs is 1. The highest BCUT2D eigenvalue weighted by molar-refractivity contribution is 5.98. The molecule has 0 aliphatic heterocycles. The van der Waals surface area contributed by atoms with Crippen LogP contribution in [0, 0.1) is 0 Å². The van der Waals surface area contributed by atoms with Crippen molar-refractivity contribution in [2.75, 3.05) is 48.3 Å². The first-order chi connectivity index (χ1) is 22.5. The number of rotatable bonds is 14. The molecule has 4 aromatic rings. The van der Waals surface area contributed by atoms with E-state index < -0.39 is 12.1 Å². The summed E-state index contributed by atoms with van der Waals surface area (Å²) in [5.74, 6) is -0.716. The molecule has 8 heteroatoms. The van der Waals surface area contributed by atoms with Gasteiger partial charge in [0.15, 0.2) is 0 Å². The van der Waals surface area contributed by atoms with Gasteiger partial charge in [0.1, 0.15) is 12.1 Å². The second-order valence-electron chi connectivity index (χ2n) is 12.8. The Labute approximate surface area is 279 Å². The van der Waals surface area contributed by atoms with Gasteiger partial charge in [0, 0.05) is 52.1 Å². The van der Waals surface area contributed by atoms with E-state index in [-0.39, 0.29) is 30.2 Å². The molecule has 0 aliphatic carbocycles. The summed E-state index contributed by atoms with van der Waals surface area (Å²) in [5, 5.41) is 2.15. The molecule has 0 bridgehead atoms. The zero-order valence-electron chi connectivity index (χ0n) is 28.6. The summed E-state index contributed by atoms with van der Waals surface area (Å²) in [4.78, 5) is 49.6. The number of nitrogens with zero attached hydrogens (tertiary/aromatic N) is 4. The fraction of sp³-hybridized carbons (Fsp3) is 0.359. The average molecular weight is 636 g/mol.